The minimum atomic E-state index is -0.513. The van der Waals surface area contributed by atoms with Crippen LogP contribution >= 0.6 is 11.6 Å². The molecule has 1 aromatic carbocycles. The predicted molar refractivity (Wildman–Crippen MR) is 116 cm³/mol. The molecule has 0 saturated heterocycles. The summed E-state index contributed by atoms with van der Waals surface area (Å²) in [5, 5.41) is 20.6. The topological polar surface area (TPSA) is 83.8 Å². The molecule has 0 radical (unpaired) electrons. The van der Waals surface area contributed by atoms with Gasteiger partial charge in [-0.15, -0.1) is 0 Å². The zero-order valence-electron chi connectivity index (χ0n) is 18.1. The molecule has 0 heterocycles. The molecule has 0 aromatic heterocycles. The van der Waals surface area contributed by atoms with Gasteiger partial charge in [0.2, 0.25) is 0 Å². The molecule has 0 aliphatic rings. The lowest BCUT2D eigenvalue weighted by atomic mass is 9.97. The maximum atomic E-state index is 11.7. The second kappa shape index (κ2) is 10.5. The van der Waals surface area contributed by atoms with E-state index in [1.54, 1.807) is 6.92 Å². The van der Waals surface area contributed by atoms with Crippen molar-refractivity contribution in [3.8, 4) is 11.5 Å². The Morgan fingerprint density at radius 3 is 2.14 bits per heavy atom. The number of hydrogen-bond donors (Lipinski definition) is 2. The van der Waals surface area contributed by atoms with E-state index in [1.165, 1.54) is 0 Å². The van der Waals surface area contributed by atoms with Gasteiger partial charge in [0.25, 0.3) is 0 Å². The average molecular weight is 423 g/mol. The van der Waals surface area contributed by atoms with E-state index in [9.17, 15) is 19.8 Å². The third kappa shape index (κ3) is 6.93. The van der Waals surface area contributed by atoms with E-state index < -0.39 is 5.41 Å². The SMILES string of the molecule is CC(=CCOC(=O)C(C)(C)C)CCC(C)=CCc1c(O)c(Cl)c(C)c(C=O)c1O. The van der Waals surface area contributed by atoms with Crippen LogP contribution in [0.3, 0.4) is 0 Å². The normalized spacial score (nSPS) is 12.8. The highest BCUT2D eigenvalue weighted by molar-refractivity contribution is 6.33. The number of aldehydes is 1. The van der Waals surface area contributed by atoms with Gasteiger partial charge in [-0.2, -0.15) is 0 Å². The Morgan fingerprint density at radius 1 is 1.07 bits per heavy atom. The largest absolute Gasteiger partial charge is 0.507 e. The van der Waals surface area contributed by atoms with Crippen LogP contribution < -0.4 is 0 Å². The number of carbonyl (C=O) groups excluding carboxylic acids is 2. The maximum absolute atomic E-state index is 11.7. The Labute approximate surface area is 178 Å². The summed E-state index contributed by atoms with van der Waals surface area (Å²) in [6, 6.07) is 0. The van der Waals surface area contributed by atoms with Crippen LogP contribution in [0.1, 0.15) is 68.9 Å². The summed E-state index contributed by atoms with van der Waals surface area (Å²) in [5.74, 6) is -0.669. The number of phenolic OH excluding ortho intramolecular Hbond substituents is 2. The molecule has 6 heteroatoms. The number of phenols is 2. The fourth-order valence-corrected chi connectivity index (χ4v) is 2.78. The lowest BCUT2D eigenvalue weighted by Gasteiger charge is -2.15. The van der Waals surface area contributed by atoms with Gasteiger partial charge in [0, 0.05) is 5.56 Å². The molecule has 0 aliphatic carbocycles. The molecule has 1 rings (SSSR count). The van der Waals surface area contributed by atoms with Crippen LogP contribution in [0, 0.1) is 12.3 Å². The predicted octanol–water partition coefficient (Wildman–Crippen LogP) is 5.68. The number of halogens is 1. The molecule has 1 aromatic rings. The number of rotatable bonds is 8. The number of esters is 1. The molecule has 5 nitrogen and oxygen atoms in total. The highest BCUT2D eigenvalue weighted by Gasteiger charge is 2.22. The number of aromatic hydroxyl groups is 2. The summed E-state index contributed by atoms with van der Waals surface area (Å²) in [6.45, 7) is 11.2. The van der Waals surface area contributed by atoms with E-state index in [-0.39, 0.29) is 46.6 Å². The molecule has 0 amide bonds. The molecule has 2 N–H and O–H groups in total. The van der Waals surface area contributed by atoms with Gasteiger partial charge >= 0.3 is 5.97 Å². The van der Waals surface area contributed by atoms with Gasteiger partial charge in [0.15, 0.2) is 6.29 Å². The first-order valence-electron chi connectivity index (χ1n) is 9.56. The number of allylic oxidation sites excluding steroid dienone is 3. The van der Waals surface area contributed by atoms with Crippen LogP contribution in [0.15, 0.2) is 23.3 Å². The Morgan fingerprint density at radius 2 is 1.62 bits per heavy atom. The molecule has 160 valence electrons. The first-order chi connectivity index (χ1) is 13.4. The highest BCUT2D eigenvalue weighted by atomic mass is 35.5. The van der Waals surface area contributed by atoms with Gasteiger partial charge < -0.3 is 14.9 Å². The minimum absolute atomic E-state index is 0.0783. The van der Waals surface area contributed by atoms with Crippen molar-refractivity contribution in [2.45, 2.75) is 60.8 Å². The summed E-state index contributed by atoms with van der Waals surface area (Å²) in [6.07, 6.45) is 6.15. The van der Waals surface area contributed by atoms with Crippen LogP contribution in [0.2, 0.25) is 5.02 Å². The Balaban J connectivity index is 2.72. The smallest absolute Gasteiger partial charge is 0.311 e. The summed E-state index contributed by atoms with van der Waals surface area (Å²) in [7, 11) is 0. The van der Waals surface area contributed by atoms with Crippen molar-refractivity contribution in [3.63, 3.8) is 0 Å². The quantitative estimate of drug-likeness (QED) is 0.320. The molecular weight excluding hydrogens is 392 g/mol. The van der Waals surface area contributed by atoms with E-state index >= 15 is 0 Å². The number of ether oxygens (including phenoxy) is 1. The van der Waals surface area contributed by atoms with Gasteiger partial charge in [-0.05, 0) is 72.4 Å². The van der Waals surface area contributed by atoms with E-state index in [0.29, 0.717) is 11.8 Å². The molecule has 29 heavy (non-hydrogen) atoms. The molecule has 0 bridgehead atoms. The van der Waals surface area contributed by atoms with E-state index in [4.69, 9.17) is 16.3 Å². The summed E-state index contributed by atoms with van der Waals surface area (Å²) >= 11 is 6.07. The summed E-state index contributed by atoms with van der Waals surface area (Å²) < 4.78 is 5.23. The van der Waals surface area contributed by atoms with Gasteiger partial charge in [0.1, 0.15) is 18.1 Å². The Kier molecular flexibility index (Phi) is 8.96. The van der Waals surface area contributed by atoms with Crippen molar-refractivity contribution >= 4 is 23.9 Å². The molecule has 0 fully saturated rings. The molecular formula is C23H31ClO5. The second-order valence-electron chi connectivity index (χ2n) is 8.30. The first kappa shape index (κ1) is 24.8. The van der Waals surface area contributed by atoms with Crippen molar-refractivity contribution in [1.82, 2.24) is 0 Å². The van der Waals surface area contributed by atoms with Gasteiger partial charge in [-0.1, -0.05) is 28.8 Å². The third-order valence-electron chi connectivity index (χ3n) is 4.71. The first-order valence-corrected chi connectivity index (χ1v) is 9.94. The zero-order valence-corrected chi connectivity index (χ0v) is 18.8. The molecule has 0 atom stereocenters. The van der Waals surface area contributed by atoms with Crippen LogP contribution in [-0.2, 0) is 16.0 Å². The average Bonchev–Trinajstić information content (AvgIpc) is 2.64. The van der Waals surface area contributed by atoms with Gasteiger partial charge in [-0.3, -0.25) is 9.59 Å². The third-order valence-corrected chi connectivity index (χ3v) is 5.18. The molecule has 0 unspecified atom stereocenters. The fourth-order valence-electron chi connectivity index (χ4n) is 2.57. The van der Waals surface area contributed by atoms with E-state index in [2.05, 4.69) is 0 Å². The Hall–Kier alpha value is -2.27. The lowest BCUT2D eigenvalue weighted by Crippen LogP contribution is -2.22. The minimum Gasteiger partial charge on any atom is -0.507 e. The van der Waals surface area contributed by atoms with Crippen LogP contribution in [0.25, 0.3) is 0 Å². The van der Waals surface area contributed by atoms with Crippen molar-refractivity contribution in [2.24, 2.45) is 5.41 Å². The van der Waals surface area contributed by atoms with Crippen molar-refractivity contribution in [1.29, 1.82) is 0 Å². The number of benzene rings is 1. The monoisotopic (exact) mass is 422 g/mol. The fraction of sp³-hybridized carbons (Fsp3) is 0.478. The van der Waals surface area contributed by atoms with E-state index in [0.717, 1.165) is 24.0 Å². The van der Waals surface area contributed by atoms with Gasteiger partial charge in [0.05, 0.1) is 16.0 Å². The van der Waals surface area contributed by atoms with Crippen LogP contribution in [0.5, 0.6) is 11.5 Å². The van der Waals surface area contributed by atoms with Crippen molar-refractivity contribution in [2.75, 3.05) is 6.61 Å². The van der Waals surface area contributed by atoms with Crippen LogP contribution in [-0.4, -0.2) is 29.1 Å². The molecule has 0 saturated carbocycles. The Bertz CT molecular complexity index is 829. The summed E-state index contributed by atoms with van der Waals surface area (Å²) in [4.78, 5) is 23.0. The van der Waals surface area contributed by atoms with Crippen molar-refractivity contribution < 1.29 is 24.5 Å². The highest BCUT2D eigenvalue weighted by Crippen LogP contribution is 2.40. The standard InChI is InChI=1S/C23H31ClO5/c1-14(7-8-15(2)11-12-29-22(28)23(4,5)6)9-10-17-20(26)18(13-25)16(3)19(24)21(17)27/h9,11,13,26-27H,7-8,10,12H2,1-6H3. The molecule has 0 aliphatic heterocycles. The zero-order chi connectivity index (χ0) is 22.4. The number of hydrogen-bond acceptors (Lipinski definition) is 5. The van der Waals surface area contributed by atoms with E-state index in [1.807, 2.05) is 46.8 Å². The lowest BCUT2D eigenvalue weighted by molar-refractivity contribution is -0.151. The van der Waals surface area contributed by atoms with Crippen LogP contribution in [0.4, 0.5) is 0 Å². The van der Waals surface area contributed by atoms with Crippen molar-refractivity contribution in [3.05, 3.63) is 45.0 Å². The molecule has 0 spiro atoms. The maximum Gasteiger partial charge on any atom is 0.311 e. The number of carbonyl (C=O) groups is 2. The second-order valence-corrected chi connectivity index (χ2v) is 8.68. The summed E-state index contributed by atoms with van der Waals surface area (Å²) in [5.41, 5.74) is 2.34. The van der Waals surface area contributed by atoms with Gasteiger partial charge in [-0.25, -0.2) is 0 Å².